The number of benzene rings is 1. The molecule has 0 radical (unpaired) electrons. The second-order valence-electron chi connectivity index (χ2n) is 6.65. The first kappa shape index (κ1) is 21.1. The van der Waals surface area contributed by atoms with Gasteiger partial charge in [0, 0.05) is 30.3 Å². The molecule has 0 atom stereocenters. The lowest BCUT2D eigenvalue weighted by atomic mass is 10.0. The van der Waals surface area contributed by atoms with Crippen LogP contribution in [0.2, 0.25) is 5.02 Å². The minimum absolute atomic E-state index is 0.0244. The summed E-state index contributed by atoms with van der Waals surface area (Å²) in [6, 6.07) is 2.81. The maximum Gasteiger partial charge on any atom is 0.411 e. The van der Waals surface area contributed by atoms with E-state index in [-0.39, 0.29) is 27.5 Å². The molecule has 156 valence electrons. The number of aromatic amines is 1. The molecule has 1 aliphatic heterocycles. The third kappa shape index (κ3) is 4.38. The number of nitrogens with one attached hydrogen (secondary N) is 2. The van der Waals surface area contributed by atoms with E-state index in [1.54, 1.807) is 0 Å². The van der Waals surface area contributed by atoms with Crippen LogP contribution in [0.15, 0.2) is 27.5 Å². The van der Waals surface area contributed by atoms with E-state index in [9.17, 15) is 18.6 Å². The number of amides is 1. The fraction of sp³-hybridized carbons (Fsp3) is 0.389. The molecule has 1 fully saturated rings. The maximum atomic E-state index is 13.1. The Morgan fingerprint density at radius 1 is 1.24 bits per heavy atom. The predicted octanol–water partition coefficient (Wildman–Crippen LogP) is 3.06. The van der Waals surface area contributed by atoms with Gasteiger partial charge in [-0.15, -0.1) is 0 Å². The number of anilines is 1. The summed E-state index contributed by atoms with van der Waals surface area (Å²) in [6.07, 6.45) is 3.06. The normalized spacial score (nSPS) is 15.6. The van der Waals surface area contributed by atoms with Crippen LogP contribution in [-0.4, -0.2) is 44.5 Å². The third-order valence-corrected chi connectivity index (χ3v) is 7.40. The topological polar surface area (TPSA) is 123 Å². The molecule has 11 heteroatoms. The van der Waals surface area contributed by atoms with Crippen LogP contribution in [0.3, 0.4) is 0 Å². The number of methoxy groups -OCH3 is 1. The first-order chi connectivity index (χ1) is 13.8. The lowest BCUT2D eigenvalue weighted by molar-refractivity contribution is 0.103. The van der Waals surface area contributed by atoms with Crippen molar-refractivity contribution in [3.05, 3.63) is 44.8 Å². The number of hydrogen-bond acceptors (Lipinski definition) is 6. The summed E-state index contributed by atoms with van der Waals surface area (Å²) in [4.78, 5) is 36.7. The van der Waals surface area contributed by atoms with E-state index in [1.165, 1.54) is 37.2 Å². The van der Waals surface area contributed by atoms with Crippen LogP contribution >= 0.6 is 11.6 Å². The van der Waals surface area contributed by atoms with Crippen LogP contribution < -0.4 is 10.9 Å². The highest BCUT2D eigenvalue weighted by molar-refractivity contribution is 7.93. The zero-order valence-corrected chi connectivity index (χ0v) is 17.6. The lowest BCUT2D eigenvalue weighted by Crippen LogP contribution is -2.20. The molecule has 2 aromatic rings. The number of carbonyl (C=O) groups excluding carboxylic acids is 2. The summed E-state index contributed by atoms with van der Waals surface area (Å²) in [5.41, 5.74) is -0.345. The van der Waals surface area contributed by atoms with Crippen LogP contribution in [-0.2, 0) is 21.5 Å². The molecule has 0 aliphatic carbocycles. The largest absolute Gasteiger partial charge is 0.453 e. The molecule has 2 heterocycles. The van der Waals surface area contributed by atoms with Crippen molar-refractivity contribution >= 4 is 44.6 Å². The number of nitrogens with zero attached hydrogens (tertiary/aromatic N) is 2. The molecular weight excluding hydrogens is 420 g/mol. The van der Waals surface area contributed by atoms with Crippen molar-refractivity contribution in [2.45, 2.75) is 19.3 Å². The quantitative estimate of drug-likeness (QED) is 0.707. The number of H-pyrrole nitrogens is 1. The second kappa shape index (κ2) is 8.42. The average Bonchev–Trinajstić information content (AvgIpc) is 3.03. The van der Waals surface area contributed by atoms with Gasteiger partial charge in [-0.1, -0.05) is 18.0 Å². The van der Waals surface area contributed by atoms with Crippen molar-refractivity contribution < 1.29 is 18.5 Å². The Morgan fingerprint density at radius 3 is 2.52 bits per heavy atom. The third-order valence-electron chi connectivity index (χ3n) is 4.65. The second-order valence-corrected chi connectivity index (χ2v) is 9.58. The van der Waals surface area contributed by atoms with E-state index in [0.29, 0.717) is 11.5 Å². The van der Waals surface area contributed by atoms with E-state index in [2.05, 4.69) is 19.5 Å². The first-order valence-electron chi connectivity index (χ1n) is 8.95. The van der Waals surface area contributed by atoms with Gasteiger partial charge in [0.1, 0.15) is 11.3 Å². The number of ketones is 1. The first-order valence-corrected chi connectivity index (χ1v) is 11.2. The number of aryl methyl sites for hydroxylation is 1. The molecule has 0 saturated carbocycles. The van der Waals surface area contributed by atoms with E-state index in [0.717, 1.165) is 19.3 Å². The van der Waals surface area contributed by atoms with Crippen LogP contribution in [0.5, 0.6) is 0 Å². The SMILES string of the molecule is COC(=O)Nc1ccc(C(=O)c2c[nH]n(C)c2=O)c(Cl)c1N=S1(=O)CCCCC1. The van der Waals surface area contributed by atoms with Gasteiger partial charge in [0.2, 0.25) is 5.78 Å². The van der Waals surface area contributed by atoms with Gasteiger partial charge >= 0.3 is 6.09 Å². The molecule has 0 unspecified atom stereocenters. The number of carbonyl (C=O) groups is 2. The Morgan fingerprint density at radius 2 is 1.93 bits per heavy atom. The van der Waals surface area contributed by atoms with Crippen molar-refractivity contribution in [1.82, 2.24) is 9.78 Å². The summed E-state index contributed by atoms with van der Waals surface area (Å²) in [7, 11) is 0.111. The maximum absolute atomic E-state index is 13.1. The average molecular weight is 441 g/mol. The number of rotatable bonds is 4. The van der Waals surface area contributed by atoms with E-state index >= 15 is 0 Å². The van der Waals surface area contributed by atoms with Gasteiger partial charge < -0.3 is 9.84 Å². The smallest absolute Gasteiger partial charge is 0.411 e. The Kier molecular flexibility index (Phi) is 6.13. The summed E-state index contributed by atoms with van der Waals surface area (Å²) in [6.45, 7) is 0. The molecule has 1 aromatic carbocycles. The molecule has 1 aromatic heterocycles. The van der Waals surface area contributed by atoms with Crippen LogP contribution in [0.1, 0.15) is 35.2 Å². The van der Waals surface area contributed by atoms with Gasteiger partial charge in [0.15, 0.2) is 0 Å². The van der Waals surface area contributed by atoms with Crippen LogP contribution in [0.4, 0.5) is 16.2 Å². The number of hydrogen-bond donors (Lipinski definition) is 2. The van der Waals surface area contributed by atoms with Crippen molar-refractivity contribution in [3.63, 3.8) is 0 Å². The van der Waals surface area contributed by atoms with Gasteiger partial charge in [-0.25, -0.2) is 9.00 Å². The molecule has 1 aliphatic rings. The molecule has 9 nitrogen and oxygen atoms in total. The predicted molar refractivity (Wildman–Crippen MR) is 111 cm³/mol. The van der Waals surface area contributed by atoms with E-state index < -0.39 is 27.2 Å². The summed E-state index contributed by atoms with van der Waals surface area (Å²) in [5.74, 6) is 0.228. The van der Waals surface area contributed by atoms with Crippen molar-refractivity contribution in [1.29, 1.82) is 0 Å². The van der Waals surface area contributed by atoms with Crippen LogP contribution in [0.25, 0.3) is 0 Å². The van der Waals surface area contributed by atoms with Gasteiger partial charge in [-0.05, 0) is 25.0 Å². The van der Waals surface area contributed by atoms with E-state index in [4.69, 9.17) is 11.6 Å². The summed E-state index contributed by atoms with van der Waals surface area (Å²) >= 11 is 6.47. The fourth-order valence-corrected chi connectivity index (χ4v) is 5.62. The summed E-state index contributed by atoms with van der Waals surface area (Å²) < 4.78 is 23.3. The minimum Gasteiger partial charge on any atom is -0.453 e. The lowest BCUT2D eigenvalue weighted by Gasteiger charge is -2.17. The molecule has 0 bridgehead atoms. The number of halogens is 1. The molecule has 1 amide bonds. The molecule has 3 rings (SSSR count). The Bertz CT molecular complexity index is 1130. The molecular formula is C18H21ClN4O5S. The van der Waals surface area contributed by atoms with E-state index in [1.807, 2.05) is 0 Å². The number of aromatic nitrogens is 2. The fourth-order valence-electron chi connectivity index (χ4n) is 3.05. The zero-order chi connectivity index (χ0) is 21.2. The highest BCUT2D eigenvalue weighted by Gasteiger charge is 2.24. The van der Waals surface area contributed by atoms with Crippen molar-refractivity contribution in [3.8, 4) is 0 Å². The monoisotopic (exact) mass is 440 g/mol. The van der Waals surface area contributed by atoms with Gasteiger partial charge in [-0.3, -0.25) is 19.6 Å². The number of ether oxygens (including phenoxy) is 1. The molecule has 2 N–H and O–H groups in total. The molecule has 1 saturated heterocycles. The summed E-state index contributed by atoms with van der Waals surface area (Å²) in [5, 5.41) is 5.03. The Hall–Kier alpha value is -2.59. The highest BCUT2D eigenvalue weighted by Crippen LogP contribution is 2.38. The Labute approximate surface area is 172 Å². The Balaban J connectivity index is 2.16. The highest BCUT2D eigenvalue weighted by atomic mass is 35.5. The van der Waals surface area contributed by atoms with Gasteiger partial charge in [-0.2, -0.15) is 4.36 Å². The minimum atomic E-state index is -2.58. The standard InChI is InChI=1S/C18H21ClN4O5S/c1-23-17(25)12(10-20-23)16(24)11-6-7-13(21-18(26)28-2)15(14(11)19)22-29(27)8-4-3-5-9-29/h6-7,10,20H,3-5,8-9H2,1-2H3,(H,21,26). The van der Waals surface area contributed by atoms with Gasteiger partial charge in [0.25, 0.3) is 5.56 Å². The molecule has 0 spiro atoms. The van der Waals surface area contributed by atoms with Crippen molar-refractivity contribution in [2.75, 3.05) is 23.9 Å². The van der Waals surface area contributed by atoms with Gasteiger partial charge in [0.05, 0.1) is 27.5 Å². The molecule has 29 heavy (non-hydrogen) atoms. The van der Waals surface area contributed by atoms with Crippen LogP contribution in [0, 0.1) is 0 Å². The van der Waals surface area contributed by atoms with Crippen molar-refractivity contribution in [2.24, 2.45) is 11.4 Å². The zero-order valence-electron chi connectivity index (χ0n) is 16.0.